The van der Waals surface area contributed by atoms with Crippen LogP contribution in [0.1, 0.15) is 58.7 Å². The molecule has 0 spiro atoms. The van der Waals surface area contributed by atoms with Gasteiger partial charge in [0.05, 0.1) is 17.7 Å². The third kappa shape index (κ3) is 4.28. The van der Waals surface area contributed by atoms with Gasteiger partial charge in [-0.25, -0.2) is 0 Å². The van der Waals surface area contributed by atoms with Gasteiger partial charge in [0.2, 0.25) is 0 Å². The molecule has 2 N–H and O–H groups in total. The average Bonchev–Trinajstić information content (AvgIpc) is 2.56. The molecule has 0 amide bonds. The van der Waals surface area contributed by atoms with Crippen molar-refractivity contribution in [2.45, 2.75) is 77.4 Å². The molecule has 148 valence electrons. The first-order valence-corrected chi connectivity index (χ1v) is 12.1. The lowest BCUT2D eigenvalue weighted by Gasteiger charge is -2.50. The second-order valence-corrected chi connectivity index (χ2v) is 13.9. The first kappa shape index (κ1) is 21.3. The second-order valence-electron chi connectivity index (χ2n) is 9.18. The van der Waals surface area contributed by atoms with E-state index in [1.807, 2.05) is 26.0 Å². The zero-order chi connectivity index (χ0) is 20.6. The molecule has 2 rings (SSSR count). The molecule has 0 saturated heterocycles. The Hall–Kier alpha value is -2.04. The van der Waals surface area contributed by atoms with Crippen LogP contribution in [-0.4, -0.2) is 31.1 Å². The molecule has 0 saturated carbocycles. The maximum atomic E-state index is 9.32. The Bertz CT molecular complexity index is 776. The predicted molar refractivity (Wildman–Crippen MR) is 109 cm³/mol. The summed E-state index contributed by atoms with van der Waals surface area (Å²) in [5.74, 6) is 1.09. The molecule has 2 atom stereocenters. The van der Waals surface area contributed by atoms with Crippen LogP contribution in [0.5, 0.6) is 5.75 Å². The summed E-state index contributed by atoms with van der Waals surface area (Å²) in [5, 5.41) is 25.1. The molecular formula is C20H31N3O3Si. The van der Waals surface area contributed by atoms with E-state index < -0.39 is 13.9 Å². The fourth-order valence-electron chi connectivity index (χ4n) is 2.97. The van der Waals surface area contributed by atoms with Crippen molar-refractivity contribution in [1.29, 1.82) is 5.26 Å². The van der Waals surface area contributed by atoms with Crippen molar-refractivity contribution in [2.75, 3.05) is 0 Å². The monoisotopic (exact) mass is 389 g/mol. The van der Waals surface area contributed by atoms with Gasteiger partial charge in [0, 0.05) is 5.56 Å². The van der Waals surface area contributed by atoms with Gasteiger partial charge in [-0.15, -0.1) is 0 Å². The van der Waals surface area contributed by atoms with Crippen LogP contribution in [0.4, 0.5) is 0 Å². The number of fused-ring (bicyclic) bond motifs is 1. The van der Waals surface area contributed by atoms with Gasteiger partial charge in [-0.05, 0) is 57.1 Å². The van der Waals surface area contributed by atoms with Crippen LogP contribution >= 0.6 is 0 Å². The van der Waals surface area contributed by atoms with E-state index >= 15 is 0 Å². The molecular weight excluding hydrogens is 358 g/mol. The number of hydrogen-bond acceptors (Lipinski definition) is 5. The topological polar surface area (TPSA) is 86.9 Å². The van der Waals surface area contributed by atoms with Crippen LogP contribution in [0.15, 0.2) is 23.4 Å². The molecule has 1 aromatic carbocycles. The summed E-state index contributed by atoms with van der Waals surface area (Å²) in [6, 6.07) is 7.25. The highest BCUT2D eigenvalue weighted by Crippen LogP contribution is 2.46. The number of hydrogen-bond donors (Lipinski definition) is 2. The first-order chi connectivity index (χ1) is 12.3. The number of oxime groups is 1. The van der Waals surface area contributed by atoms with E-state index in [1.165, 1.54) is 0 Å². The summed E-state index contributed by atoms with van der Waals surface area (Å²) in [6.07, 6.45) is -0.323. The van der Waals surface area contributed by atoms with E-state index in [9.17, 15) is 10.5 Å². The zero-order valence-corrected chi connectivity index (χ0v) is 18.5. The number of nitriles is 1. The molecule has 0 aromatic heterocycles. The van der Waals surface area contributed by atoms with Crippen molar-refractivity contribution in [2.24, 2.45) is 5.16 Å². The minimum absolute atomic E-state index is 0.0303. The second kappa shape index (κ2) is 7.17. The number of nitrogens with one attached hydrogen (secondary N) is 1. The molecule has 0 bridgehead atoms. The summed E-state index contributed by atoms with van der Waals surface area (Å²) < 4.78 is 13.1. The number of nitrogens with zero attached hydrogens (tertiary/aromatic N) is 2. The third-order valence-electron chi connectivity index (χ3n) is 5.58. The van der Waals surface area contributed by atoms with Crippen LogP contribution < -0.4 is 10.1 Å². The molecule has 0 fully saturated rings. The Labute approximate surface area is 163 Å². The normalized spacial score (nSPS) is 22.4. The number of benzene rings is 1. The summed E-state index contributed by atoms with van der Waals surface area (Å²) in [4.78, 5) is 0. The summed E-state index contributed by atoms with van der Waals surface area (Å²) in [7, 11) is -2.11. The largest absolute Gasteiger partial charge is 0.485 e. The van der Waals surface area contributed by atoms with E-state index in [-0.39, 0.29) is 17.2 Å². The van der Waals surface area contributed by atoms with Gasteiger partial charge in [-0.2, -0.15) is 5.26 Å². The molecule has 1 aliphatic rings. The van der Waals surface area contributed by atoms with E-state index in [0.717, 1.165) is 5.56 Å². The quantitative estimate of drug-likeness (QED) is 0.260. The third-order valence-corrected chi connectivity index (χ3v) is 10.0. The highest BCUT2D eigenvalue weighted by atomic mass is 28.4. The van der Waals surface area contributed by atoms with E-state index in [0.29, 0.717) is 17.1 Å². The van der Waals surface area contributed by atoms with Crippen molar-refractivity contribution >= 4 is 14.2 Å². The van der Waals surface area contributed by atoms with Gasteiger partial charge in [0.15, 0.2) is 8.32 Å². The van der Waals surface area contributed by atoms with Gasteiger partial charge in [0.1, 0.15) is 23.3 Å². The SMILES string of the molecule is CC(=NO)N[C@@H]1c2cc(C#N)ccc2OC(C)(C)[C@H]1O[Si](C)(C)C(C)(C)C. The van der Waals surface area contributed by atoms with E-state index in [2.05, 4.69) is 50.4 Å². The average molecular weight is 390 g/mol. The lowest BCUT2D eigenvalue weighted by molar-refractivity contribution is -0.0534. The Morgan fingerprint density at radius 2 is 2.00 bits per heavy atom. The highest BCUT2D eigenvalue weighted by molar-refractivity contribution is 6.74. The Morgan fingerprint density at radius 1 is 1.37 bits per heavy atom. The number of ether oxygens (including phenoxy) is 1. The van der Waals surface area contributed by atoms with Gasteiger partial charge in [-0.3, -0.25) is 0 Å². The molecule has 1 heterocycles. The maximum Gasteiger partial charge on any atom is 0.192 e. The minimum Gasteiger partial charge on any atom is -0.485 e. The van der Waals surface area contributed by atoms with E-state index in [1.54, 1.807) is 13.0 Å². The van der Waals surface area contributed by atoms with Crippen molar-refractivity contribution in [3.05, 3.63) is 29.3 Å². The Balaban J connectivity index is 2.58. The molecule has 1 aromatic rings. The molecule has 0 aliphatic carbocycles. The van der Waals surface area contributed by atoms with Crippen molar-refractivity contribution in [1.82, 2.24) is 5.32 Å². The first-order valence-electron chi connectivity index (χ1n) is 9.18. The molecule has 27 heavy (non-hydrogen) atoms. The maximum absolute atomic E-state index is 9.32. The van der Waals surface area contributed by atoms with Crippen LogP contribution in [0.25, 0.3) is 0 Å². The Kier molecular flexibility index (Phi) is 5.65. The minimum atomic E-state index is -2.11. The molecule has 6 nitrogen and oxygen atoms in total. The van der Waals surface area contributed by atoms with Crippen molar-refractivity contribution < 1.29 is 14.4 Å². The lowest BCUT2D eigenvalue weighted by atomic mass is 9.86. The predicted octanol–water partition coefficient (Wildman–Crippen LogP) is 4.56. The molecule has 0 unspecified atom stereocenters. The van der Waals surface area contributed by atoms with E-state index in [4.69, 9.17) is 9.16 Å². The molecule has 1 aliphatic heterocycles. The van der Waals surface area contributed by atoms with Crippen LogP contribution in [-0.2, 0) is 4.43 Å². The van der Waals surface area contributed by atoms with Gasteiger partial charge in [-0.1, -0.05) is 25.9 Å². The summed E-state index contributed by atoms with van der Waals surface area (Å²) in [6.45, 7) is 16.7. The smallest absolute Gasteiger partial charge is 0.192 e. The molecule has 7 heteroatoms. The fraction of sp³-hybridized carbons (Fsp3) is 0.600. The van der Waals surface area contributed by atoms with Gasteiger partial charge >= 0.3 is 0 Å². The molecule has 0 radical (unpaired) electrons. The van der Waals surface area contributed by atoms with Crippen LogP contribution in [0.2, 0.25) is 18.1 Å². The number of amidine groups is 1. The van der Waals surface area contributed by atoms with Crippen LogP contribution in [0, 0.1) is 11.3 Å². The van der Waals surface area contributed by atoms with Gasteiger partial charge in [0.25, 0.3) is 0 Å². The van der Waals surface area contributed by atoms with Gasteiger partial charge < -0.3 is 19.7 Å². The summed E-state index contributed by atoms with van der Waals surface area (Å²) >= 11 is 0. The Morgan fingerprint density at radius 3 is 2.52 bits per heavy atom. The van der Waals surface area contributed by atoms with Crippen molar-refractivity contribution in [3.8, 4) is 11.8 Å². The zero-order valence-electron chi connectivity index (χ0n) is 17.5. The lowest BCUT2D eigenvalue weighted by Crippen LogP contribution is -2.59. The fourth-order valence-corrected chi connectivity index (χ4v) is 4.38. The highest BCUT2D eigenvalue weighted by Gasteiger charge is 2.50. The van der Waals surface area contributed by atoms with Crippen molar-refractivity contribution in [3.63, 3.8) is 0 Å². The standard InChI is InChI=1S/C20H31N3O3Si/c1-13(23-24)22-17-15-11-14(12-21)9-10-16(15)25-20(5,6)18(17)26-27(7,8)19(2,3)4/h9-11,17-18,24H,1-8H3,(H,22,23)/t17-,18+/m1/s1. The number of rotatable bonds is 3. The van der Waals surface area contributed by atoms with Crippen LogP contribution in [0.3, 0.4) is 0 Å². The summed E-state index contributed by atoms with van der Waals surface area (Å²) in [5.41, 5.74) is 0.776.